The minimum atomic E-state index is -0.157. The van der Waals surface area contributed by atoms with Crippen LogP contribution in [0.5, 0.6) is 0 Å². The molecule has 0 fully saturated rings. The van der Waals surface area contributed by atoms with Crippen LogP contribution in [-0.4, -0.2) is 18.4 Å². The van der Waals surface area contributed by atoms with Crippen molar-refractivity contribution in [3.63, 3.8) is 0 Å². The summed E-state index contributed by atoms with van der Waals surface area (Å²) < 4.78 is 0. The zero-order valence-electron chi connectivity index (χ0n) is 7.07. The molecule has 0 amide bonds. The topological polar surface area (TPSA) is 48.2 Å². The van der Waals surface area contributed by atoms with Crippen molar-refractivity contribution in [1.29, 1.82) is 5.26 Å². The molecule has 13 heavy (non-hydrogen) atoms. The zero-order valence-corrected chi connectivity index (χ0v) is 7.07. The maximum atomic E-state index is 8.64. The van der Waals surface area contributed by atoms with Crippen LogP contribution in [0.3, 0.4) is 0 Å². The van der Waals surface area contributed by atoms with Crippen molar-refractivity contribution >= 4 is 5.84 Å². The first-order chi connectivity index (χ1) is 6.40. The van der Waals surface area contributed by atoms with Crippen LogP contribution in [0, 0.1) is 11.3 Å². The van der Waals surface area contributed by atoms with Crippen LogP contribution in [0.2, 0.25) is 0 Å². The average Bonchev–Trinajstić information content (AvgIpc) is 2.67. The third kappa shape index (κ3) is 1.52. The molecule has 1 unspecified atom stereocenters. The predicted molar refractivity (Wildman–Crippen MR) is 50.4 cm³/mol. The molecule has 3 nitrogen and oxygen atoms in total. The van der Waals surface area contributed by atoms with E-state index in [2.05, 4.69) is 16.4 Å². The van der Waals surface area contributed by atoms with Crippen molar-refractivity contribution in [1.82, 2.24) is 5.32 Å². The van der Waals surface area contributed by atoms with Gasteiger partial charge in [-0.3, -0.25) is 4.99 Å². The van der Waals surface area contributed by atoms with Crippen molar-refractivity contribution in [3.8, 4) is 6.07 Å². The molecule has 0 aromatic heterocycles. The highest BCUT2D eigenvalue weighted by molar-refractivity contribution is 6.00. The van der Waals surface area contributed by atoms with Gasteiger partial charge in [0.25, 0.3) is 0 Å². The molecule has 1 heterocycles. The highest BCUT2D eigenvalue weighted by Crippen LogP contribution is 2.04. The predicted octanol–water partition coefficient (Wildman–Crippen LogP) is 0.929. The number of nitriles is 1. The number of hydrogen-bond acceptors (Lipinski definition) is 3. The summed E-state index contributed by atoms with van der Waals surface area (Å²) >= 11 is 0. The maximum absolute atomic E-state index is 8.64. The van der Waals surface area contributed by atoms with Gasteiger partial charge >= 0.3 is 0 Å². The molecule has 1 aromatic rings. The van der Waals surface area contributed by atoms with E-state index >= 15 is 0 Å². The fourth-order valence-electron chi connectivity index (χ4n) is 1.28. The lowest BCUT2D eigenvalue weighted by atomic mass is 10.2. The Balaban J connectivity index is 2.18. The van der Waals surface area contributed by atoms with Crippen molar-refractivity contribution in [2.24, 2.45) is 4.99 Å². The van der Waals surface area contributed by atoms with Crippen LogP contribution in [0.4, 0.5) is 0 Å². The third-order valence-electron chi connectivity index (χ3n) is 1.95. The van der Waals surface area contributed by atoms with Crippen LogP contribution in [0.1, 0.15) is 5.56 Å². The summed E-state index contributed by atoms with van der Waals surface area (Å²) in [4.78, 5) is 4.24. The van der Waals surface area contributed by atoms with Crippen LogP contribution in [0.15, 0.2) is 35.3 Å². The molecule has 1 N–H and O–H groups in total. The first-order valence-electron chi connectivity index (χ1n) is 4.16. The number of nitrogens with one attached hydrogen (secondary N) is 1. The van der Waals surface area contributed by atoms with E-state index in [4.69, 9.17) is 5.26 Å². The Morgan fingerprint density at radius 1 is 1.38 bits per heavy atom. The zero-order chi connectivity index (χ0) is 9.10. The van der Waals surface area contributed by atoms with Crippen LogP contribution >= 0.6 is 0 Å². The largest absolute Gasteiger partial charge is 0.353 e. The monoisotopic (exact) mass is 171 g/mol. The second-order valence-electron chi connectivity index (χ2n) is 2.88. The van der Waals surface area contributed by atoms with E-state index in [1.165, 1.54) is 0 Å². The van der Waals surface area contributed by atoms with Crippen molar-refractivity contribution in [3.05, 3.63) is 35.9 Å². The molecule has 64 valence electrons. The molecule has 0 radical (unpaired) electrons. The first-order valence-corrected chi connectivity index (χ1v) is 4.16. The summed E-state index contributed by atoms with van der Waals surface area (Å²) in [5, 5.41) is 11.7. The molecule has 3 heteroatoms. The van der Waals surface area contributed by atoms with Gasteiger partial charge in [-0.1, -0.05) is 30.3 Å². The Morgan fingerprint density at radius 3 is 2.77 bits per heavy atom. The second-order valence-corrected chi connectivity index (χ2v) is 2.88. The van der Waals surface area contributed by atoms with Crippen molar-refractivity contribution in [2.45, 2.75) is 6.04 Å². The Kier molecular flexibility index (Phi) is 1.97. The van der Waals surface area contributed by atoms with Gasteiger partial charge in [-0.05, 0) is 0 Å². The van der Waals surface area contributed by atoms with Gasteiger partial charge in [0.1, 0.15) is 11.9 Å². The fraction of sp³-hybridized carbons (Fsp3) is 0.200. The second kappa shape index (κ2) is 3.28. The SMILES string of the molecule is N#CC1CN=C(c2ccccc2)N1. The van der Waals surface area contributed by atoms with Gasteiger partial charge in [0.05, 0.1) is 12.6 Å². The summed E-state index contributed by atoms with van der Waals surface area (Å²) in [5.41, 5.74) is 1.04. The number of hydrogen-bond donors (Lipinski definition) is 1. The quantitative estimate of drug-likeness (QED) is 0.683. The molecular formula is C10H9N3. The lowest BCUT2D eigenvalue weighted by Gasteiger charge is -2.03. The number of amidine groups is 1. The molecule has 0 bridgehead atoms. The van der Waals surface area contributed by atoms with Crippen LogP contribution in [0.25, 0.3) is 0 Å². The lowest BCUT2D eigenvalue weighted by molar-refractivity contribution is 0.811. The fourth-order valence-corrected chi connectivity index (χ4v) is 1.28. The van der Waals surface area contributed by atoms with Crippen molar-refractivity contribution < 1.29 is 0 Å². The average molecular weight is 171 g/mol. The molecule has 0 spiro atoms. The summed E-state index contributed by atoms with van der Waals surface area (Å²) in [6, 6.07) is 11.8. The minimum Gasteiger partial charge on any atom is -0.353 e. The Morgan fingerprint density at radius 2 is 2.15 bits per heavy atom. The van der Waals surface area contributed by atoms with E-state index in [0.29, 0.717) is 6.54 Å². The van der Waals surface area contributed by atoms with Gasteiger partial charge in [-0.2, -0.15) is 5.26 Å². The van der Waals surface area contributed by atoms with Gasteiger partial charge in [-0.15, -0.1) is 0 Å². The Hall–Kier alpha value is -1.82. The molecular weight excluding hydrogens is 162 g/mol. The number of aliphatic imine (C=N–C) groups is 1. The molecule has 0 aliphatic carbocycles. The lowest BCUT2D eigenvalue weighted by Crippen LogP contribution is -2.28. The van der Waals surface area contributed by atoms with Crippen molar-refractivity contribution in [2.75, 3.05) is 6.54 Å². The van der Waals surface area contributed by atoms with Gasteiger partial charge in [0, 0.05) is 5.56 Å². The molecule has 2 rings (SSSR count). The van der Waals surface area contributed by atoms with Gasteiger partial charge in [-0.25, -0.2) is 0 Å². The van der Waals surface area contributed by atoms with Crippen LogP contribution < -0.4 is 5.32 Å². The number of benzene rings is 1. The maximum Gasteiger partial charge on any atom is 0.135 e. The highest BCUT2D eigenvalue weighted by Gasteiger charge is 2.16. The molecule has 0 saturated heterocycles. The van der Waals surface area contributed by atoms with E-state index in [1.54, 1.807) is 0 Å². The standard InChI is InChI=1S/C10H9N3/c11-6-9-7-12-10(13-9)8-4-2-1-3-5-8/h1-5,9H,7H2,(H,12,13). The van der Waals surface area contributed by atoms with E-state index in [1.807, 2.05) is 30.3 Å². The first kappa shape index (κ1) is 7.81. The summed E-state index contributed by atoms with van der Waals surface area (Å²) in [6.45, 7) is 0.556. The molecule has 1 aromatic carbocycles. The van der Waals surface area contributed by atoms with E-state index in [-0.39, 0.29) is 6.04 Å². The normalized spacial score (nSPS) is 20.2. The van der Waals surface area contributed by atoms with Gasteiger partial charge in [0.15, 0.2) is 0 Å². The Bertz CT molecular complexity index is 362. The van der Waals surface area contributed by atoms with E-state index in [0.717, 1.165) is 11.4 Å². The number of rotatable bonds is 1. The third-order valence-corrected chi connectivity index (χ3v) is 1.95. The summed E-state index contributed by atoms with van der Waals surface area (Å²) in [5.74, 6) is 0.826. The molecule has 1 atom stereocenters. The minimum absolute atomic E-state index is 0.157. The highest BCUT2D eigenvalue weighted by atomic mass is 15.1. The van der Waals surface area contributed by atoms with E-state index < -0.39 is 0 Å². The smallest absolute Gasteiger partial charge is 0.135 e. The number of nitrogens with zero attached hydrogens (tertiary/aromatic N) is 2. The van der Waals surface area contributed by atoms with Gasteiger partial charge in [0.2, 0.25) is 0 Å². The van der Waals surface area contributed by atoms with Gasteiger partial charge < -0.3 is 5.32 Å². The molecule has 1 aliphatic rings. The Labute approximate surface area is 76.7 Å². The van der Waals surface area contributed by atoms with Crippen LogP contribution in [-0.2, 0) is 0 Å². The summed E-state index contributed by atoms with van der Waals surface area (Å²) in [6.07, 6.45) is 0. The summed E-state index contributed by atoms with van der Waals surface area (Å²) in [7, 11) is 0. The molecule has 1 aliphatic heterocycles. The molecule has 0 saturated carbocycles. The van der Waals surface area contributed by atoms with E-state index in [9.17, 15) is 0 Å².